The summed E-state index contributed by atoms with van der Waals surface area (Å²) in [5.41, 5.74) is -1.39. The molecular weight excluding hydrogens is 1280 g/mol. The summed E-state index contributed by atoms with van der Waals surface area (Å²) in [5, 5.41) is 114. The minimum atomic E-state index is -1.39. The van der Waals surface area contributed by atoms with E-state index < -0.39 is 96.8 Å². The van der Waals surface area contributed by atoms with E-state index in [-0.39, 0.29) is 154 Å². The van der Waals surface area contributed by atoms with Crippen molar-refractivity contribution in [2.75, 3.05) is 81.6 Å². The Kier molecular flexibility index (Phi) is 33.7. The van der Waals surface area contributed by atoms with Crippen molar-refractivity contribution in [3.8, 4) is 0 Å². The van der Waals surface area contributed by atoms with Crippen molar-refractivity contribution in [1.82, 2.24) is 24.5 Å². The molecular formula is C34H65Hf3N6O16-. The van der Waals surface area contributed by atoms with Gasteiger partial charge in [-0.3, -0.25) is 38.8 Å². The van der Waals surface area contributed by atoms with Gasteiger partial charge in [0.05, 0.1) is 86.1 Å². The van der Waals surface area contributed by atoms with E-state index in [2.05, 4.69) is 11.9 Å². The van der Waals surface area contributed by atoms with E-state index in [0.717, 1.165) is 0 Å². The van der Waals surface area contributed by atoms with Crippen LogP contribution in [0.15, 0.2) is 12.3 Å². The number of hydrogen-bond donors (Lipinski definition) is 11. The standard InChI is InChI=1S/C19H35N3O8.C15H28N3O7.3Hf.H2O/c1-11(23)5-8-20(2)14-17(28)15(21(3)9-6-12(24)25)19(30)16(18(14)29)22(4)10-7-13(26)27;1-16-15(8-19)13(18(3)7-5-10(22)23)12(24)11(14(15)25)17(2)6-4-9(20)21;;;;/h14-19,23,28-30H,1,5-10H2,2-4H3,(H,24,25)(H,26,27);11-14,19,24-25H,4-8H2,1-3H3,(H,20,21)(H,22,23);;;;1H2/q;-1;;;;. The molecule has 0 heterocycles. The Morgan fingerprint density at radius 1 is 0.525 bits per heavy atom. The topological polar surface area (TPSA) is 353 Å². The smallest absolute Gasteiger partial charge is 0.304 e. The molecule has 13 N–H and O–H groups in total. The summed E-state index contributed by atoms with van der Waals surface area (Å²) in [6.07, 6.45) is -6.61. The molecule has 9 atom stereocenters. The number of carboxylic acid groups (broad SMARTS) is 4. The fraction of sp³-hybridized carbons (Fsp3) is 0.824. The van der Waals surface area contributed by atoms with Gasteiger partial charge in [-0.05, 0) is 35.2 Å². The molecule has 0 aromatic rings. The Labute approximate surface area is 401 Å². The minimum absolute atomic E-state index is 0. The number of aliphatic hydroxyl groups is 7. The van der Waals surface area contributed by atoms with E-state index in [4.69, 9.17) is 20.4 Å². The van der Waals surface area contributed by atoms with E-state index in [1.807, 2.05) is 0 Å². The van der Waals surface area contributed by atoms with Gasteiger partial charge in [-0.1, -0.05) is 12.1 Å². The number of likely N-dealkylation sites (N-methyl/N-ethyl adjacent to an activating group) is 6. The molecule has 0 radical (unpaired) electrons. The molecule has 340 valence electrons. The molecule has 2 fully saturated rings. The predicted molar refractivity (Wildman–Crippen MR) is 200 cm³/mol. The van der Waals surface area contributed by atoms with Gasteiger partial charge < -0.3 is 71.9 Å². The molecule has 0 bridgehead atoms. The van der Waals surface area contributed by atoms with Crippen LogP contribution in [0, 0.1) is 0 Å². The second-order valence-corrected chi connectivity index (χ2v) is 14.5. The number of hydrogen-bond acceptors (Lipinski definition) is 16. The van der Waals surface area contributed by atoms with Crippen LogP contribution in [0.5, 0.6) is 0 Å². The van der Waals surface area contributed by atoms with Crippen molar-refractivity contribution in [2.24, 2.45) is 0 Å². The van der Waals surface area contributed by atoms with Crippen molar-refractivity contribution >= 4 is 23.9 Å². The van der Waals surface area contributed by atoms with Gasteiger partial charge in [0.1, 0.15) is 0 Å². The van der Waals surface area contributed by atoms with Crippen LogP contribution in [-0.2, 0) is 96.7 Å². The van der Waals surface area contributed by atoms with Crippen LogP contribution < -0.4 is 0 Å². The molecule has 0 aliphatic heterocycles. The largest absolute Gasteiger partial charge is 0.654 e. The maximum atomic E-state index is 11.0. The van der Waals surface area contributed by atoms with Gasteiger partial charge in [0.15, 0.2) is 0 Å². The monoisotopic (exact) mass is 1350 g/mol. The van der Waals surface area contributed by atoms with Crippen molar-refractivity contribution in [3.63, 3.8) is 0 Å². The molecule has 0 amide bonds. The van der Waals surface area contributed by atoms with Crippen LogP contribution in [0.4, 0.5) is 0 Å². The Morgan fingerprint density at radius 2 is 0.797 bits per heavy atom. The van der Waals surface area contributed by atoms with Crippen molar-refractivity contribution < 1.29 is 158 Å². The number of rotatable bonds is 22. The molecule has 9 unspecified atom stereocenters. The number of aliphatic hydroxyl groups excluding tert-OH is 7. The van der Waals surface area contributed by atoms with Crippen LogP contribution >= 0.6 is 0 Å². The predicted octanol–water partition coefficient (Wildman–Crippen LogP) is -4.43. The molecule has 2 aliphatic rings. The summed E-state index contributed by atoms with van der Waals surface area (Å²) in [6.45, 7) is 3.52. The van der Waals surface area contributed by atoms with Crippen LogP contribution in [0.1, 0.15) is 32.1 Å². The van der Waals surface area contributed by atoms with Gasteiger partial charge >= 0.3 is 23.9 Å². The molecule has 2 rings (SSSR count). The van der Waals surface area contributed by atoms with Crippen LogP contribution in [0.25, 0.3) is 5.32 Å². The molecule has 0 saturated heterocycles. The zero-order valence-electron chi connectivity index (χ0n) is 34.5. The first-order chi connectivity index (χ1) is 25.5. The second-order valence-electron chi connectivity index (χ2n) is 14.5. The Hall–Kier alpha value is -0.490. The molecule has 59 heavy (non-hydrogen) atoms. The number of carbonyl (C=O) groups is 4. The van der Waals surface area contributed by atoms with Gasteiger partial charge in [-0.15, -0.1) is 0 Å². The van der Waals surface area contributed by atoms with E-state index in [9.17, 15) is 54.9 Å². The Morgan fingerprint density at radius 3 is 1.05 bits per heavy atom. The summed E-state index contributed by atoms with van der Waals surface area (Å²) in [6, 6.07) is -4.28. The number of aliphatic carboxylic acids is 4. The third-order valence-electron chi connectivity index (χ3n) is 10.8. The van der Waals surface area contributed by atoms with E-state index in [1.165, 1.54) is 11.9 Å². The zero-order valence-corrected chi connectivity index (χ0v) is 45.3. The van der Waals surface area contributed by atoms with E-state index in [0.29, 0.717) is 0 Å². The number of carboxylic acids is 4. The molecule has 0 spiro atoms. The second kappa shape index (κ2) is 30.6. The van der Waals surface area contributed by atoms with Gasteiger partial charge in [-0.25, -0.2) is 0 Å². The number of nitrogens with zero attached hydrogens (tertiary/aromatic N) is 6. The molecule has 2 saturated carbocycles. The maximum Gasteiger partial charge on any atom is 0.304 e. The van der Waals surface area contributed by atoms with Crippen molar-refractivity contribution in [2.45, 2.75) is 98.4 Å². The van der Waals surface area contributed by atoms with Gasteiger partial charge in [-0.2, -0.15) is 7.05 Å². The van der Waals surface area contributed by atoms with Crippen LogP contribution in [0.2, 0.25) is 0 Å². The average molecular weight is 1350 g/mol. The summed E-state index contributed by atoms with van der Waals surface area (Å²) < 4.78 is 0. The third-order valence-corrected chi connectivity index (χ3v) is 10.8. The zero-order chi connectivity index (χ0) is 42.5. The van der Waals surface area contributed by atoms with E-state index in [1.54, 1.807) is 54.8 Å². The summed E-state index contributed by atoms with van der Waals surface area (Å²) in [4.78, 5) is 51.3. The van der Waals surface area contributed by atoms with Crippen LogP contribution in [-0.4, -0.2) is 258 Å². The van der Waals surface area contributed by atoms with Crippen molar-refractivity contribution in [3.05, 3.63) is 17.7 Å². The Balaban J connectivity index is -0.000000487. The molecule has 22 nitrogen and oxygen atoms in total. The van der Waals surface area contributed by atoms with Gasteiger partial charge in [0.25, 0.3) is 0 Å². The fourth-order valence-corrected chi connectivity index (χ4v) is 7.71. The summed E-state index contributed by atoms with van der Waals surface area (Å²) in [5.74, 6) is -4.10. The normalized spacial score (nSPS) is 28.8. The molecule has 0 aromatic carbocycles. The minimum Gasteiger partial charge on any atom is -0.654 e. The quantitative estimate of drug-likeness (QED) is 0.0360. The van der Waals surface area contributed by atoms with Gasteiger partial charge in [0.2, 0.25) is 0 Å². The van der Waals surface area contributed by atoms with Crippen molar-refractivity contribution in [1.29, 1.82) is 0 Å². The molecule has 2 aliphatic carbocycles. The average Bonchev–Trinajstić information content (AvgIpc) is 3.32. The first-order valence-corrected chi connectivity index (χ1v) is 17.9. The summed E-state index contributed by atoms with van der Waals surface area (Å²) >= 11 is 0. The van der Waals surface area contributed by atoms with Gasteiger partial charge in [0, 0.05) is 129 Å². The SMILES string of the molecule is C=C(O)CCN(C)C1C(O)C(N(C)CCC(=O)O)C(O)C(N(C)CCC(=O)O)C1O.C[N-]C1(CO)C(O)C(N(C)CCC(=O)O)C(O)C1N(C)CCC(=O)O.O.[Hf].[Hf].[Hf]. The molecule has 0 aromatic heterocycles. The van der Waals surface area contributed by atoms with E-state index >= 15 is 0 Å². The maximum absolute atomic E-state index is 11.0. The summed E-state index contributed by atoms with van der Waals surface area (Å²) in [7, 11) is 9.41. The first kappa shape index (κ1) is 65.1. The van der Waals surface area contributed by atoms with Crippen LogP contribution in [0.3, 0.4) is 0 Å². The first-order valence-electron chi connectivity index (χ1n) is 17.9. The Bertz CT molecular complexity index is 1190. The third kappa shape index (κ3) is 18.3. The fourth-order valence-electron chi connectivity index (χ4n) is 7.71. The molecule has 25 heteroatoms.